The van der Waals surface area contributed by atoms with Gasteiger partial charge in [0.15, 0.2) is 0 Å². The highest BCUT2D eigenvalue weighted by Gasteiger charge is 2.07. The fourth-order valence-corrected chi connectivity index (χ4v) is 2.61. The maximum Gasteiger partial charge on any atom is 0.226 e. The van der Waals surface area contributed by atoms with Gasteiger partial charge in [-0.2, -0.15) is 0 Å². The van der Waals surface area contributed by atoms with Gasteiger partial charge < -0.3 is 10.6 Å². The molecule has 22 heavy (non-hydrogen) atoms. The minimum Gasteiger partial charge on any atom is -0.385 e. The number of hydrogen-bond donors (Lipinski definition) is 2. The first-order chi connectivity index (χ1) is 10.5. The Morgan fingerprint density at radius 1 is 0.955 bits per heavy atom. The lowest BCUT2D eigenvalue weighted by atomic mass is 10.1. The van der Waals surface area contributed by atoms with Crippen LogP contribution in [0.5, 0.6) is 0 Å². The van der Waals surface area contributed by atoms with E-state index in [0.29, 0.717) is 13.0 Å². The standard InChI is InChI=1S/C19H24N2O/c1-13-10-14(2)12-17(11-13)20-9-8-18(22)21-19-15(3)6-5-7-16(19)4/h5-7,10-12,20H,8-9H2,1-4H3,(H,21,22). The van der Waals surface area contributed by atoms with Crippen molar-refractivity contribution in [1.29, 1.82) is 0 Å². The number of anilines is 2. The van der Waals surface area contributed by atoms with E-state index < -0.39 is 0 Å². The van der Waals surface area contributed by atoms with Crippen molar-refractivity contribution < 1.29 is 4.79 Å². The molecule has 116 valence electrons. The fourth-order valence-electron chi connectivity index (χ4n) is 2.61. The fraction of sp³-hybridized carbons (Fsp3) is 0.316. The second-order valence-corrected chi connectivity index (χ2v) is 5.87. The number of rotatable bonds is 5. The quantitative estimate of drug-likeness (QED) is 0.860. The first-order valence-electron chi connectivity index (χ1n) is 7.64. The van der Waals surface area contributed by atoms with E-state index >= 15 is 0 Å². The topological polar surface area (TPSA) is 41.1 Å². The second kappa shape index (κ2) is 7.12. The lowest BCUT2D eigenvalue weighted by Crippen LogP contribution is -2.17. The zero-order chi connectivity index (χ0) is 16.1. The number of benzene rings is 2. The van der Waals surface area contributed by atoms with Crippen molar-refractivity contribution in [3.05, 3.63) is 58.7 Å². The molecule has 0 radical (unpaired) electrons. The minimum atomic E-state index is 0.0364. The highest BCUT2D eigenvalue weighted by atomic mass is 16.1. The summed E-state index contributed by atoms with van der Waals surface area (Å²) in [4.78, 5) is 12.1. The van der Waals surface area contributed by atoms with Gasteiger partial charge in [0.25, 0.3) is 0 Å². The van der Waals surface area contributed by atoms with E-state index in [2.05, 4.69) is 42.7 Å². The third kappa shape index (κ3) is 4.35. The molecule has 0 heterocycles. The Morgan fingerprint density at radius 3 is 2.14 bits per heavy atom. The molecule has 0 aliphatic rings. The molecule has 0 atom stereocenters. The van der Waals surface area contributed by atoms with Crippen LogP contribution in [-0.4, -0.2) is 12.5 Å². The number of amides is 1. The Balaban J connectivity index is 1.88. The van der Waals surface area contributed by atoms with Gasteiger partial charge in [-0.15, -0.1) is 0 Å². The van der Waals surface area contributed by atoms with Crippen molar-refractivity contribution in [3.8, 4) is 0 Å². The smallest absolute Gasteiger partial charge is 0.226 e. The zero-order valence-electron chi connectivity index (χ0n) is 13.8. The van der Waals surface area contributed by atoms with E-state index in [1.165, 1.54) is 11.1 Å². The molecule has 0 aromatic heterocycles. The SMILES string of the molecule is Cc1cc(C)cc(NCCC(=O)Nc2c(C)cccc2C)c1. The van der Waals surface area contributed by atoms with Crippen molar-refractivity contribution in [3.63, 3.8) is 0 Å². The van der Waals surface area contributed by atoms with E-state index in [0.717, 1.165) is 22.5 Å². The van der Waals surface area contributed by atoms with E-state index in [-0.39, 0.29) is 5.91 Å². The average molecular weight is 296 g/mol. The Kier molecular flexibility index (Phi) is 5.21. The summed E-state index contributed by atoms with van der Waals surface area (Å²) in [5.74, 6) is 0.0364. The summed E-state index contributed by atoms with van der Waals surface area (Å²) >= 11 is 0. The minimum absolute atomic E-state index is 0.0364. The van der Waals surface area contributed by atoms with Gasteiger partial charge >= 0.3 is 0 Å². The molecule has 2 N–H and O–H groups in total. The van der Waals surface area contributed by atoms with E-state index in [1.807, 2.05) is 32.0 Å². The molecule has 0 saturated heterocycles. The first kappa shape index (κ1) is 16.1. The summed E-state index contributed by atoms with van der Waals surface area (Å²) in [5, 5.41) is 6.32. The van der Waals surface area contributed by atoms with E-state index in [9.17, 15) is 4.79 Å². The van der Waals surface area contributed by atoms with Crippen molar-refractivity contribution in [1.82, 2.24) is 0 Å². The number of nitrogens with one attached hydrogen (secondary N) is 2. The molecular formula is C19H24N2O. The van der Waals surface area contributed by atoms with Crippen LogP contribution in [0, 0.1) is 27.7 Å². The van der Waals surface area contributed by atoms with Crippen LogP contribution in [0.4, 0.5) is 11.4 Å². The highest BCUT2D eigenvalue weighted by Crippen LogP contribution is 2.19. The maximum absolute atomic E-state index is 12.1. The molecule has 0 bridgehead atoms. The molecule has 2 aromatic rings. The molecule has 3 nitrogen and oxygen atoms in total. The number of carbonyl (C=O) groups is 1. The lowest BCUT2D eigenvalue weighted by molar-refractivity contribution is -0.115. The third-order valence-electron chi connectivity index (χ3n) is 3.65. The van der Waals surface area contributed by atoms with Crippen molar-refractivity contribution >= 4 is 17.3 Å². The lowest BCUT2D eigenvalue weighted by Gasteiger charge is -2.12. The van der Waals surface area contributed by atoms with Crippen LogP contribution in [0.1, 0.15) is 28.7 Å². The van der Waals surface area contributed by atoms with Crippen molar-refractivity contribution in [2.45, 2.75) is 34.1 Å². The van der Waals surface area contributed by atoms with Gasteiger partial charge in [0, 0.05) is 24.3 Å². The van der Waals surface area contributed by atoms with Gasteiger partial charge in [-0.1, -0.05) is 24.3 Å². The van der Waals surface area contributed by atoms with E-state index in [1.54, 1.807) is 0 Å². The Hall–Kier alpha value is -2.29. The van der Waals surface area contributed by atoms with Crippen molar-refractivity contribution in [2.24, 2.45) is 0 Å². The van der Waals surface area contributed by atoms with Crippen LogP contribution >= 0.6 is 0 Å². The molecule has 0 fully saturated rings. The van der Waals surface area contributed by atoms with Gasteiger partial charge in [-0.25, -0.2) is 0 Å². The molecule has 0 saturated carbocycles. The molecule has 3 heteroatoms. The predicted molar refractivity (Wildman–Crippen MR) is 93.6 cm³/mol. The Morgan fingerprint density at radius 2 is 1.55 bits per heavy atom. The monoisotopic (exact) mass is 296 g/mol. The Bertz CT molecular complexity index is 637. The van der Waals surface area contributed by atoms with Gasteiger partial charge in [0.2, 0.25) is 5.91 Å². The summed E-state index contributed by atoms with van der Waals surface area (Å²) in [5.41, 5.74) is 6.63. The highest BCUT2D eigenvalue weighted by molar-refractivity contribution is 5.92. The first-order valence-corrected chi connectivity index (χ1v) is 7.64. The maximum atomic E-state index is 12.1. The largest absolute Gasteiger partial charge is 0.385 e. The number of carbonyl (C=O) groups excluding carboxylic acids is 1. The van der Waals surface area contributed by atoms with Gasteiger partial charge in [-0.05, 0) is 62.1 Å². The van der Waals surface area contributed by atoms with Crippen LogP contribution in [0.15, 0.2) is 36.4 Å². The molecule has 0 aliphatic carbocycles. The van der Waals surface area contributed by atoms with Gasteiger partial charge in [0.05, 0.1) is 0 Å². The second-order valence-electron chi connectivity index (χ2n) is 5.87. The van der Waals surface area contributed by atoms with E-state index in [4.69, 9.17) is 0 Å². The van der Waals surface area contributed by atoms with Crippen LogP contribution in [0.25, 0.3) is 0 Å². The molecule has 0 aliphatic heterocycles. The van der Waals surface area contributed by atoms with Gasteiger partial charge in [0.1, 0.15) is 0 Å². The van der Waals surface area contributed by atoms with Crippen LogP contribution < -0.4 is 10.6 Å². The van der Waals surface area contributed by atoms with Gasteiger partial charge in [-0.3, -0.25) is 4.79 Å². The van der Waals surface area contributed by atoms with Crippen molar-refractivity contribution in [2.75, 3.05) is 17.2 Å². The molecule has 2 aromatic carbocycles. The van der Waals surface area contributed by atoms with Crippen LogP contribution in [-0.2, 0) is 4.79 Å². The predicted octanol–water partition coefficient (Wildman–Crippen LogP) is 4.36. The van der Waals surface area contributed by atoms with Crippen LogP contribution in [0.2, 0.25) is 0 Å². The summed E-state index contributed by atoms with van der Waals surface area (Å²) in [7, 11) is 0. The average Bonchev–Trinajstić information content (AvgIpc) is 2.42. The molecule has 0 spiro atoms. The number of aryl methyl sites for hydroxylation is 4. The summed E-state index contributed by atoms with van der Waals surface area (Å²) in [6, 6.07) is 12.3. The normalized spacial score (nSPS) is 10.4. The summed E-state index contributed by atoms with van der Waals surface area (Å²) in [6.45, 7) is 8.80. The Labute approximate surface area is 132 Å². The summed E-state index contributed by atoms with van der Waals surface area (Å²) < 4.78 is 0. The number of hydrogen-bond acceptors (Lipinski definition) is 2. The zero-order valence-corrected chi connectivity index (χ0v) is 13.8. The third-order valence-corrected chi connectivity index (χ3v) is 3.65. The number of para-hydroxylation sites is 1. The van der Waals surface area contributed by atoms with Crippen LogP contribution in [0.3, 0.4) is 0 Å². The molecule has 0 unspecified atom stereocenters. The molecule has 2 rings (SSSR count). The molecular weight excluding hydrogens is 272 g/mol. The summed E-state index contributed by atoms with van der Waals surface area (Å²) in [6.07, 6.45) is 0.445. The molecule has 1 amide bonds.